The van der Waals surface area contributed by atoms with E-state index in [0.717, 1.165) is 0 Å². The zero-order chi connectivity index (χ0) is 25.3. The molecule has 0 radical (unpaired) electrons. The molecule has 0 spiro atoms. The van der Waals surface area contributed by atoms with E-state index in [1.807, 2.05) is 0 Å². The fourth-order valence-corrected chi connectivity index (χ4v) is 6.67. The Balaban J connectivity index is 1.45. The number of rotatable bonds is 6. The number of nitrogens with zero attached hydrogens (tertiary/aromatic N) is 1. The highest BCUT2D eigenvalue weighted by molar-refractivity contribution is 5.87. The van der Waals surface area contributed by atoms with Gasteiger partial charge in [0.15, 0.2) is 0 Å². The molecule has 4 aromatic rings. The van der Waals surface area contributed by atoms with Crippen molar-refractivity contribution in [1.29, 1.82) is 0 Å². The largest absolute Gasteiger partial charge is 0.338 e. The zero-order valence-corrected chi connectivity index (χ0v) is 22.6. The van der Waals surface area contributed by atoms with Crippen molar-refractivity contribution in [2.75, 3.05) is 4.90 Å². The van der Waals surface area contributed by atoms with Crippen molar-refractivity contribution in [3.05, 3.63) is 107 Å². The Morgan fingerprint density at radius 1 is 0.622 bits per heavy atom. The molecule has 3 aliphatic rings. The monoisotopic (exact) mass is 483 g/mol. The first-order chi connectivity index (χ1) is 17.9. The third-order valence-corrected chi connectivity index (χ3v) is 8.94. The van der Waals surface area contributed by atoms with Crippen LogP contribution in [0.2, 0.25) is 0 Å². The van der Waals surface area contributed by atoms with E-state index in [1.54, 1.807) is 5.56 Å². The van der Waals surface area contributed by atoms with Crippen LogP contribution in [-0.4, -0.2) is 6.04 Å². The van der Waals surface area contributed by atoms with E-state index >= 15 is 0 Å². The highest BCUT2D eigenvalue weighted by atomic mass is 15.2. The summed E-state index contributed by atoms with van der Waals surface area (Å²) in [6, 6.07) is 32.7. The van der Waals surface area contributed by atoms with Crippen LogP contribution < -0.4 is 4.90 Å². The highest BCUT2D eigenvalue weighted by Gasteiger charge is 2.39. The molecule has 0 aliphatic heterocycles. The molecule has 2 saturated carbocycles. The van der Waals surface area contributed by atoms with Crippen molar-refractivity contribution in [2.24, 2.45) is 0 Å². The molecule has 3 aliphatic carbocycles. The maximum atomic E-state index is 2.68. The van der Waals surface area contributed by atoms with Gasteiger partial charge in [-0.1, -0.05) is 86.6 Å². The number of hydrogen-bond acceptors (Lipinski definition) is 1. The minimum Gasteiger partial charge on any atom is -0.338 e. The Bertz CT molecular complexity index is 1480. The number of benzene rings is 4. The second-order valence-electron chi connectivity index (χ2n) is 12.3. The molecule has 1 nitrogen and oxygen atoms in total. The van der Waals surface area contributed by atoms with Gasteiger partial charge in [-0.15, -0.1) is 0 Å². The first kappa shape index (κ1) is 22.8. The van der Waals surface area contributed by atoms with E-state index in [0.29, 0.717) is 17.9 Å². The summed E-state index contributed by atoms with van der Waals surface area (Å²) in [5.41, 5.74) is 14.4. The van der Waals surface area contributed by atoms with Crippen LogP contribution in [0.5, 0.6) is 0 Å². The summed E-state index contributed by atoms with van der Waals surface area (Å²) in [6.45, 7) is 9.55. The molecule has 0 amide bonds. The molecule has 4 aromatic carbocycles. The van der Waals surface area contributed by atoms with Gasteiger partial charge in [0, 0.05) is 22.8 Å². The van der Waals surface area contributed by atoms with Crippen molar-refractivity contribution in [2.45, 2.75) is 76.7 Å². The van der Waals surface area contributed by atoms with Gasteiger partial charge in [0.25, 0.3) is 0 Å². The second kappa shape index (κ2) is 8.35. The van der Waals surface area contributed by atoms with Crippen LogP contribution in [0.15, 0.2) is 84.9 Å². The molecule has 0 aromatic heterocycles. The summed E-state index contributed by atoms with van der Waals surface area (Å²) in [5, 5.41) is 0. The van der Waals surface area contributed by atoms with E-state index in [4.69, 9.17) is 0 Å². The van der Waals surface area contributed by atoms with Gasteiger partial charge in [-0.2, -0.15) is 0 Å². The molecule has 2 fully saturated rings. The molecule has 0 saturated heterocycles. The molecule has 0 unspecified atom stereocenters. The summed E-state index contributed by atoms with van der Waals surface area (Å²) in [7, 11) is 0. The molecule has 0 bridgehead atoms. The lowest BCUT2D eigenvalue weighted by molar-refractivity contribution is 0.659. The first-order valence-corrected chi connectivity index (χ1v) is 14.2. The van der Waals surface area contributed by atoms with Crippen LogP contribution in [0.25, 0.3) is 22.3 Å². The highest BCUT2D eigenvalue weighted by Crippen LogP contribution is 2.56. The molecular weight excluding hydrogens is 446 g/mol. The fraction of sp³-hybridized carbons (Fsp3) is 0.333. The third kappa shape index (κ3) is 3.74. The normalized spacial score (nSPS) is 17.5. The number of fused-ring (bicyclic) bond motifs is 3. The predicted molar refractivity (Wildman–Crippen MR) is 157 cm³/mol. The van der Waals surface area contributed by atoms with Crippen LogP contribution >= 0.6 is 0 Å². The average Bonchev–Trinajstić information content (AvgIpc) is 3.83. The SMILES string of the molecule is CC(C)N(c1cc(-c2ccccc2)ccc1C1CC1)c1cc2c(cc1C1CC1)C(C)(C)c1ccccc1-2. The number of hydrogen-bond donors (Lipinski definition) is 0. The second-order valence-corrected chi connectivity index (χ2v) is 12.3. The standard InChI is InChI=1S/C36H37N/c1-23(2)37(34-20-27(24-10-6-5-7-11-24)18-19-28(34)25-14-15-25)35-22-31-29-12-8-9-13-32(29)36(3,4)33(31)21-30(35)26-16-17-26/h5-13,18-23,25-26H,14-17H2,1-4H3. The van der Waals surface area contributed by atoms with Gasteiger partial charge < -0.3 is 4.90 Å². The van der Waals surface area contributed by atoms with E-state index in [9.17, 15) is 0 Å². The summed E-state index contributed by atoms with van der Waals surface area (Å²) >= 11 is 0. The Morgan fingerprint density at radius 2 is 1.27 bits per heavy atom. The minimum atomic E-state index is 0.0448. The molecule has 186 valence electrons. The average molecular weight is 484 g/mol. The molecule has 7 rings (SSSR count). The maximum absolute atomic E-state index is 2.68. The zero-order valence-electron chi connectivity index (χ0n) is 22.6. The fourth-order valence-electron chi connectivity index (χ4n) is 6.67. The van der Waals surface area contributed by atoms with Gasteiger partial charge in [-0.05, 0) is 108 Å². The van der Waals surface area contributed by atoms with Gasteiger partial charge in [-0.25, -0.2) is 0 Å². The van der Waals surface area contributed by atoms with Crippen molar-refractivity contribution < 1.29 is 0 Å². The van der Waals surface area contributed by atoms with Crippen LogP contribution in [-0.2, 0) is 5.41 Å². The quantitative estimate of drug-likeness (QED) is 0.264. The lowest BCUT2D eigenvalue weighted by atomic mass is 9.81. The summed E-state index contributed by atoms with van der Waals surface area (Å²) in [4.78, 5) is 2.68. The molecular formula is C36H37N. The number of anilines is 2. The van der Waals surface area contributed by atoms with Gasteiger partial charge in [-0.3, -0.25) is 0 Å². The van der Waals surface area contributed by atoms with Gasteiger partial charge in [0.05, 0.1) is 0 Å². The van der Waals surface area contributed by atoms with E-state index in [1.165, 1.54) is 76.0 Å². The van der Waals surface area contributed by atoms with E-state index in [-0.39, 0.29) is 5.41 Å². The Morgan fingerprint density at radius 3 is 1.97 bits per heavy atom. The molecule has 0 atom stereocenters. The molecule has 37 heavy (non-hydrogen) atoms. The van der Waals surface area contributed by atoms with E-state index in [2.05, 4.69) is 118 Å². The third-order valence-electron chi connectivity index (χ3n) is 8.94. The first-order valence-electron chi connectivity index (χ1n) is 14.2. The lowest BCUT2D eigenvalue weighted by Crippen LogP contribution is -2.28. The van der Waals surface area contributed by atoms with Gasteiger partial charge in [0.2, 0.25) is 0 Å². The summed E-state index contributed by atoms with van der Waals surface area (Å²) in [5.74, 6) is 1.38. The topological polar surface area (TPSA) is 3.24 Å². The van der Waals surface area contributed by atoms with Crippen LogP contribution in [0.1, 0.15) is 87.5 Å². The van der Waals surface area contributed by atoms with Crippen molar-refractivity contribution in [3.63, 3.8) is 0 Å². The molecule has 0 heterocycles. The maximum Gasteiger partial charge on any atom is 0.0455 e. The van der Waals surface area contributed by atoms with Crippen molar-refractivity contribution in [1.82, 2.24) is 0 Å². The van der Waals surface area contributed by atoms with E-state index < -0.39 is 0 Å². The molecule has 0 N–H and O–H groups in total. The van der Waals surface area contributed by atoms with Gasteiger partial charge in [0.1, 0.15) is 0 Å². The minimum absolute atomic E-state index is 0.0448. The van der Waals surface area contributed by atoms with Gasteiger partial charge >= 0.3 is 0 Å². The Hall–Kier alpha value is -3.32. The summed E-state index contributed by atoms with van der Waals surface area (Å²) in [6.07, 6.45) is 5.24. The van der Waals surface area contributed by atoms with Crippen LogP contribution in [0.3, 0.4) is 0 Å². The van der Waals surface area contributed by atoms with Crippen LogP contribution in [0.4, 0.5) is 11.4 Å². The smallest absolute Gasteiger partial charge is 0.0455 e. The van der Waals surface area contributed by atoms with Crippen molar-refractivity contribution in [3.8, 4) is 22.3 Å². The molecule has 1 heteroatoms. The lowest BCUT2D eigenvalue weighted by Gasteiger charge is -2.34. The summed E-state index contributed by atoms with van der Waals surface area (Å²) < 4.78 is 0. The van der Waals surface area contributed by atoms with Crippen LogP contribution in [0, 0.1) is 0 Å². The predicted octanol–water partition coefficient (Wildman–Crippen LogP) is 9.96. The Kier molecular flexibility index (Phi) is 5.15. The van der Waals surface area contributed by atoms with Crippen molar-refractivity contribution >= 4 is 11.4 Å². The Labute approximate surface area is 222 Å².